The molecule has 5 nitrogen and oxygen atoms in total. The number of hydrogen-bond donors (Lipinski definition) is 1. The molecule has 3 rings (SSSR count). The Morgan fingerprint density at radius 3 is 2.85 bits per heavy atom. The molecule has 2 aromatic rings. The molecular formula is C15H15N5. The molecule has 100 valence electrons. The van der Waals surface area contributed by atoms with Crippen molar-refractivity contribution in [1.29, 1.82) is 5.26 Å². The molecule has 5 heteroatoms. The van der Waals surface area contributed by atoms with Crippen molar-refractivity contribution in [2.45, 2.75) is 12.3 Å². The molecule has 1 aliphatic heterocycles. The zero-order chi connectivity index (χ0) is 13.9. The summed E-state index contributed by atoms with van der Waals surface area (Å²) in [4.78, 5) is 10.6. The van der Waals surface area contributed by atoms with Gasteiger partial charge >= 0.3 is 0 Å². The molecule has 0 aliphatic carbocycles. The lowest BCUT2D eigenvalue weighted by molar-refractivity contribution is 0.666. The fourth-order valence-corrected chi connectivity index (χ4v) is 2.68. The predicted molar refractivity (Wildman–Crippen MR) is 76.6 cm³/mol. The number of nitrogens with zero attached hydrogens (tertiary/aromatic N) is 4. The number of anilines is 2. The lowest BCUT2D eigenvalue weighted by Gasteiger charge is -2.18. The number of para-hydroxylation sites is 1. The van der Waals surface area contributed by atoms with Gasteiger partial charge < -0.3 is 10.6 Å². The normalized spacial score (nSPS) is 16.8. The third-order valence-corrected chi connectivity index (χ3v) is 3.61. The van der Waals surface area contributed by atoms with Crippen molar-refractivity contribution >= 4 is 11.5 Å². The first-order valence-electron chi connectivity index (χ1n) is 6.62. The number of aromatic nitrogens is 2. The minimum Gasteiger partial charge on any atom is -0.330 e. The predicted octanol–water partition coefficient (Wildman–Crippen LogP) is 1.93. The topological polar surface area (TPSA) is 78.8 Å². The van der Waals surface area contributed by atoms with Gasteiger partial charge in [-0.2, -0.15) is 5.26 Å². The Balaban J connectivity index is 1.96. The highest BCUT2D eigenvalue weighted by Crippen LogP contribution is 2.40. The van der Waals surface area contributed by atoms with Gasteiger partial charge in [-0.05, 0) is 24.6 Å². The number of hydrogen-bond acceptors (Lipinski definition) is 5. The summed E-state index contributed by atoms with van der Waals surface area (Å²) in [5.74, 6) is 1.20. The molecule has 1 unspecified atom stereocenters. The largest absolute Gasteiger partial charge is 0.330 e. The Hall–Kier alpha value is -2.45. The monoisotopic (exact) mass is 265 g/mol. The maximum Gasteiger partial charge on any atom is 0.158 e. The third-order valence-electron chi connectivity index (χ3n) is 3.61. The molecule has 20 heavy (non-hydrogen) atoms. The second kappa shape index (κ2) is 5.27. The van der Waals surface area contributed by atoms with Crippen LogP contribution in [0.1, 0.15) is 23.6 Å². The SMILES string of the molecule is N#Cc1cnc(N2CC(CCN)c3ccccc32)cn1. The maximum absolute atomic E-state index is 8.78. The zero-order valence-corrected chi connectivity index (χ0v) is 11.0. The lowest BCUT2D eigenvalue weighted by Crippen LogP contribution is -2.18. The highest BCUT2D eigenvalue weighted by molar-refractivity contribution is 5.68. The molecule has 1 aliphatic rings. The molecule has 1 aromatic heterocycles. The minimum absolute atomic E-state index is 0.333. The first-order chi connectivity index (χ1) is 9.83. The molecule has 0 radical (unpaired) electrons. The van der Waals surface area contributed by atoms with E-state index >= 15 is 0 Å². The summed E-state index contributed by atoms with van der Waals surface area (Å²) in [5, 5.41) is 8.78. The van der Waals surface area contributed by atoms with E-state index in [4.69, 9.17) is 11.0 Å². The van der Waals surface area contributed by atoms with Crippen LogP contribution in [0, 0.1) is 11.3 Å². The van der Waals surface area contributed by atoms with Crippen molar-refractivity contribution < 1.29 is 0 Å². The molecule has 0 fully saturated rings. The Bertz CT molecular complexity index is 644. The molecule has 0 saturated carbocycles. The van der Waals surface area contributed by atoms with Gasteiger partial charge in [0.25, 0.3) is 0 Å². The van der Waals surface area contributed by atoms with Gasteiger partial charge in [0.2, 0.25) is 0 Å². The van der Waals surface area contributed by atoms with Gasteiger partial charge in [0.05, 0.1) is 12.4 Å². The molecule has 0 amide bonds. The summed E-state index contributed by atoms with van der Waals surface area (Å²) in [6, 6.07) is 10.3. The van der Waals surface area contributed by atoms with E-state index in [2.05, 4.69) is 33.1 Å². The van der Waals surface area contributed by atoms with E-state index in [1.807, 2.05) is 12.1 Å². The fourth-order valence-electron chi connectivity index (χ4n) is 2.68. The Morgan fingerprint density at radius 2 is 2.15 bits per heavy atom. The smallest absolute Gasteiger partial charge is 0.158 e. The standard InChI is InChI=1S/C15H15N5/c16-6-5-11-10-20(14-4-2-1-3-13(11)14)15-9-18-12(7-17)8-19-15/h1-4,8-9,11H,5-6,10,16H2. The van der Waals surface area contributed by atoms with Crippen molar-refractivity contribution in [1.82, 2.24) is 9.97 Å². The van der Waals surface area contributed by atoms with Gasteiger partial charge in [-0.1, -0.05) is 18.2 Å². The molecule has 0 spiro atoms. The van der Waals surface area contributed by atoms with Crippen molar-refractivity contribution in [3.05, 3.63) is 47.9 Å². The van der Waals surface area contributed by atoms with Crippen LogP contribution in [0.2, 0.25) is 0 Å². The van der Waals surface area contributed by atoms with Crippen LogP contribution in [0.5, 0.6) is 0 Å². The fraction of sp³-hybridized carbons (Fsp3) is 0.267. The van der Waals surface area contributed by atoms with Gasteiger partial charge in [-0.25, -0.2) is 9.97 Å². The van der Waals surface area contributed by atoms with Crippen LogP contribution in [0.3, 0.4) is 0 Å². The molecule has 1 atom stereocenters. The average Bonchev–Trinajstić information content (AvgIpc) is 2.87. The Kier molecular flexibility index (Phi) is 3.32. The highest BCUT2D eigenvalue weighted by atomic mass is 15.2. The summed E-state index contributed by atoms with van der Waals surface area (Å²) in [6.45, 7) is 1.53. The lowest BCUT2D eigenvalue weighted by atomic mass is 9.98. The van der Waals surface area contributed by atoms with Crippen molar-refractivity contribution in [3.8, 4) is 6.07 Å². The number of nitrogens with two attached hydrogens (primary N) is 1. The molecule has 2 N–H and O–H groups in total. The number of fused-ring (bicyclic) bond motifs is 1. The summed E-state index contributed by atoms with van der Waals surface area (Å²) < 4.78 is 0. The van der Waals surface area contributed by atoms with E-state index in [9.17, 15) is 0 Å². The number of benzene rings is 1. The van der Waals surface area contributed by atoms with Crippen LogP contribution in [-0.4, -0.2) is 23.1 Å². The van der Waals surface area contributed by atoms with Crippen LogP contribution in [0.25, 0.3) is 0 Å². The first-order valence-corrected chi connectivity index (χ1v) is 6.62. The van der Waals surface area contributed by atoms with Gasteiger partial charge in [0, 0.05) is 18.2 Å². The van der Waals surface area contributed by atoms with E-state index in [1.165, 1.54) is 11.8 Å². The van der Waals surface area contributed by atoms with Gasteiger partial charge in [0.15, 0.2) is 11.5 Å². The second-order valence-electron chi connectivity index (χ2n) is 4.82. The molecule has 2 heterocycles. The summed E-state index contributed by atoms with van der Waals surface area (Å²) in [6.07, 6.45) is 4.12. The Labute approximate surface area is 117 Å². The van der Waals surface area contributed by atoms with Crippen molar-refractivity contribution in [3.63, 3.8) is 0 Å². The van der Waals surface area contributed by atoms with Crippen molar-refractivity contribution in [2.24, 2.45) is 5.73 Å². The van der Waals surface area contributed by atoms with Crippen LogP contribution in [-0.2, 0) is 0 Å². The van der Waals surface area contributed by atoms with Gasteiger partial charge in [0.1, 0.15) is 6.07 Å². The van der Waals surface area contributed by atoms with E-state index in [0.29, 0.717) is 18.2 Å². The average molecular weight is 265 g/mol. The van der Waals surface area contributed by atoms with Crippen LogP contribution in [0.15, 0.2) is 36.7 Å². The quantitative estimate of drug-likeness (QED) is 0.917. The molecule has 1 aromatic carbocycles. The summed E-state index contributed by atoms with van der Waals surface area (Å²) in [5.41, 5.74) is 8.50. The van der Waals surface area contributed by atoms with E-state index in [1.54, 1.807) is 6.20 Å². The molecular weight excluding hydrogens is 250 g/mol. The summed E-state index contributed by atoms with van der Waals surface area (Å²) >= 11 is 0. The molecule has 0 saturated heterocycles. The van der Waals surface area contributed by atoms with E-state index in [0.717, 1.165) is 24.5 Å². The third kappa shape index (κ3) is 2.10. The maximum atomic E-state index is 8.78. The summed E-state index contributed by atoms with van der Waals surface area (Å²) in [7, 11) is 0. The van der Waals surface area contributed by atoms with Crippen LogP contribution in [0.4, 0.5) is 11.5 Å². The van der Waals surface area contributed by atoms with Gasteiger partial charge in [-0.15, -0.1) is 0 Å². The zero-order valence-electron chi connectivity index (χ0n) is 11.0. The second-order valence-corrected chi connectivity index (χ2v) is 4.82. The van der Waals surface area contributed by atoms with Crippen LogP contribution >= 0.6 is 0 Å². The van der Waals surface area contributed by atoms with E-state index in [-0.39, 0.29) is 0 Å². The number of rotatable bonds is 3. The van der Waals surface area contributed by atoms with Crippen LogP contribution < -0.4 is 10.6 Å². The minimum atomic E-state index is 0.333. The highest BCUT2D eigenvalue weighted by Gasteiger charge is 2.29. The Morgan fingerprint density at radius 1 is 1.30 bits per heavy atom. The van der Waals surface area contributed by atoms with Crippen molar-refractivity contribution in [2.75, 3.05) is 18.0 Å². The first kappa shape index (κ1) is 12.6. The molecule has 0 bridgehead atoms. The van der Waals surface area contributed by atoms with E-state index < -0.39 is 0 Å². The van der Waals surface area contributed by atoms with Gasteiger partial charge in [-0.3, -0.25) is 0 Å². The number of nitriles is 1.